The molecule has 1 heterocycles. The van der Waals surface area contributed by atoms with E-state index in [4.69, 9.17) is 11.5 Å². The van der Waals surface area contributed by atoms with Crippen LogP contribution in [0.15, 0.2) is 18.2 Å². The quantitative estimate of drug-likeness (QED) is 0.508. The van der Waals surface area contributed by atoms with Crippen LogP contribution in [0.5, 0.6) is 0 Å². The maximum absolute atomic E-state index is 10.4. The van der Waals surface area contributed by atoms with Crippen LogP contribution in [-0.4, -0.2) is 25.5 Å². The van der Waals surface area contributed by atoms with Crippen molar-refractivity contribution in [2.24, 2.45) is 5.73 Å². The summed E-state index contributed by atoms with van der Waals surface area (Å²) in [5.41, 5.74) is 14.3. The van der Waals surface area contributed by atoms with Crippen molar-refractivity contribution >= 4 is 17.8 Å². The minimum absolute atomic E-state index is 0.242. The van der Waals surface area contributed by atoms with E-state index in [2.05, 4.69) is 10.2 Å². The van der Waals surface area contributed by atoms with Crippen LogP contribution < -0.4 is 21.7 Å². The summed E-state index contributed by atoms with van der Waals surface area (Å²) in [7, 11) is 0. The van der Waals surface area contributed by atoms with E-state index >= 15 is 0 Å². The van der Waals surface area contributed by atoms with E-state index in [1.54, 1.807) is 0 Å². The number of nitrogens with one attached hydrogen (secondary N) is 1. The summed E-state index contributed by atoms with van der Waals surface area (Å²) < 4.78 is 0. The molecule has 0 radical (unpaired) electrons. The second-order valence-electron chi connectivity index (χ2n) is 4.30. The second-order valence-corrected chi connectivity index (χ2v) is 4.30. The number of nitrogens with two attached hydrogens (primary N) is 2. The maximum Gasteiger partial charge on any atom is 0.207 e. The number of benzene rings is 1. The summed E-state index contributed by atoms with van der Waals surface area (Å²) in [6.07, 6.45) is 1.74. The van der Waals surface area contributed by atoms with Crippen molar-refractivity contribution < 1.29 is 4.79 Å². The third kappa shape index (κ3) is 2.50. The molecule has 2 rings (SSSR count). The lowest BCUT2D eigenvalue weighted by Crippen LogP contribution is -2.31. The molecule has 5 N–H and O–H groups in total. The van der Waals surface area contributed by atoms with Crippen molar-refractivity contribution in [2.45, 2.75) is 19.0 Å². The van der Waals surface area contributed by atoms with Gasteiger partial charge in [0.1, 0.15) is 0 Å². The van der Waals surface area contributed by atoms with Gasteiger partial charge in [0, 0.05) is 37.1 Å². The minimum atomic E-state index is 0.242. The molecule has 1 aliphatic rings. The third-order valence-electron chi connectivity index (χ3n) is 3.20. The zero-order valence-electron chi connectivity index (χ0n) is 9.73. The van der Waals surface area contributed by atoms with E-state index in [0.29, 0.717) is 6.54 Å². The van der Waals surface area contributed by atoms with Gasteiger partial charge in [-0.25, -0.2) is 0 Å². The van der Waals surface area contributed by atoms with Crippen LogP contribution in [0.1, 0.15) is 12.0 Å². The molecule has 0 bridgehead atoms. The number of carbonyl (C=O) groups excluding carboxylic acids is 1. The first kappa shape index (κ1) is 11.7. The highest BCUT2D eigenvalue weighted by atomic mass is 16.1. The number of amides is 1. The highest BCUT2D eigenvalue weighted by molar-refractivity contribution is 5.59. The van der Waals surface area contributed by atoms with E-state index in [9.17, 15) is 4.79 Å². The fourth-order valence-corrected chi connectivity index (χ4v) is 2.19. The molecule has 5 heteroatoms. The normalized spacial score (nSPS) is 19.4. The average molecular weight is 234 g/mol. The van der Waals surface area contributed by atoms with Gasteiger partial charge < -0.3 is 21.7 Å². The Bertz CT molecular complexity index is 407. The molecule has 1 aromatic rings. The Kier molecular flexibility index (Phi) is 3.49. The number of carbonyl (C=O) groups is 1. The molecule has 1 aromatic carbocycles. The van der Waals surface area contributed by atoms with E-state index in [1.165, 1.54) is 0 Å². The van der Waals surface area contributed by atoms with E-state index in [1.807, 2.05) is 18.2 Å². The molecule has 0 aliphatic carbocycles. The Hall–Kier alpha value is -1.75. The molecule has 1 amide bonds. The van der Waals surface area contributed by atoms with Crippen molar-refractivity contribution in [1.82, 2.24) is 5.32 Å². The van der Waals surface area contributed by atoms with Gasteiger partial charge >= 0.3 is 0 Å². The summed E-state index contributed by atoms with van der Waals surface area (Å²) >= 11 is 0. The first-order valence-corrected chi connectivity index (χ1v) is 5.77. The van der Waals surface area contributed by atoms with Crippen molar-refractivity contribution in [3.63, 3.8) is 0 Å². The zero-order chi connectivity index (χ0) is 12.3. The summed E-state index contributed by atoms with van der Waals surface area (Å²) in [5, 5.41) is 2.81. The van der Waals surface area contributed by atoms with Crippen LogP contribution in [0, 0.1) is 0 Å². The predicted octanol–water partition coefficient (Wildman–Crippen LogP) is 0.0522. The molecule has 0 aromatic heterocycles. The van der Waals surface area contributed by atoms with Gasteiger partial charge in [0.15, 0.2) is 0 Å². The topological polar surface area (TPSA) is 84.4 Å². The molecule has 17 heavy (non-hydrogen) atoms. The van der Waals surface area contributed by atoms with Gasteiger partial charge in [-0.1, -0.05) is 0 Å². The number of hydrogen-bond acceptors (Lipinski definition) is 4. The second kappa shape index (κ2) is 5.05. The molecule has 1 atom stereocenters. The van der Waals surface area contributed by atoms with Gasteiger partial charge in [0.25, 0.3) is 0 Å². The number of rotatable bonds is 4. The van der Waals surface area contributed by atoms with Gasteiger partial charge in [-0.05, 0) is 30.2 Å². The molecule has 0 spiro atoms. The Balaban J connectivity index is 2.10. The SMILES string of the molecule is NCc1cc(N2CCC(NC=O)C2)ccc1N. The number of nitrogens with zero attached hydrogens (tertiary/aromatic N) is 1. The average Bonchev–Trinajstić information content (AvgIpc) is 2.79. The largest absolute Gasteiger partial charge is 0.398 e. The van der Waals surface area contributed by atoms with Gasteiger partial charge in [-0.3, -0.25) is 4.79 Å². The lowest BCUT2D eigenvalue weighted by atomic mass is 10.1. The molecule has 92 valence electrons. The maximum atomic E-state index is 10.4. The Morgan fingerprint density at radius 3 is 3.06 bits per heavy atom. The molecule has 1 unspecified atom stereocenters. The molecule has 1 saturated heterocycles. The summed E-state index contributed by atoms with van der Waals surface area (Å²) in [6.45, 7) is 2.23. The molecular weight excluding hydrogens is 216 g/mol. The van der Waals surface area contributed by atoms with E-state index < -0.39 is 0 Å². The van der Waals surface area contributed by atoms with Crippen molar-refractivity contribution in [1.29, 1.82) is 0 Å². The standard InChI is InChI=1S/C12H18N4O/c13-6-9-5-11(1-2-12(9)14)16-4-3-10(7-16)15-8-17/h1-2,5,8,10H,3-4,6-7,13-14H2,(H,15,17). The first-order valence-electron chi connectivity index (χ1n) is 5.77. The van der Waals surface area contributed by atoms with Crippen LogP contribution in [0.3, 0.4) is 0 Å². The van der Waals surface area contributed by atoms with Crippen LogP contribution in [0.25, 0.3) is 0 Å². The minimum Gasteiger partial charge on any atom is -0.398 e. The lowest BCUT2D eigenvalue weighted by molar-refractivity contribution is -0.110. The van der Waals surface area contributed by atoms with Crippen LogP contribution in [-0.2, 0) is 11.3 Å². The summed E-state index contributed by atoms with van der Waals surface area (Å²) in [4.78, 5) is 12.6. The van der Waals surface area contributed by atoms with E-state index in [-0.39, 0.29) is 6.04 Å². The smallest absolute Gasteiger partial charge is 0.207 e. The van der Waals surface area contributed by atoms with Crippen molar-refractivity contribution in [3.05, 3.63) is 23.8 Å². The monoisotopic (exact) mass is 234 g/mol. The molecule has 5 nitrogen and oxygen atoms in total. The zero-order valence-corrected chi connectivity index (χ0v) is 9.73. The Morgan fingerprint density at radius 2 is 2.35 bits per heavy atom. The van der Waals surface area contributed by atoms with Crippen LogP contribution in [0.4, 0.5) is 11.4 Å². The van der Waals surface area contributed by atoms with Gasteiger partial charge in [0.2, 0.25) is 6.41 Å². The van der Waals surface area contributed by atoms with Crippen molar-refractivity contribution in [3.8, 4) is 0 Å². The molecule has 0 saturated carbocycles. The van der Waals surface area contributed by atoms with E-state index in [0.717, 1.165) is 42.9 Å². The van der Waals surface area contributed by atoms with Crippen molar-refractivity contribution in [2.75, 3.05) is 23.7 Å². The molecule has 1 fully saturated rings. The Labute approximate surface area is 101 Å². The number of nitrogen functional groups attached to an aromatic ring is 1. The number of anilines is 2. The predicted molar refractivity (Wildman–Crippen MR) is 68.6 cm³/mol. The molecular formula is C12H18N4O. The Morgan fingerprint density at radius 1 is 1.53 bits per heavy atom. The van der Waals surface area contributed by atoms with Crippen LogP contribution in [0.2, 0.25) is 0 Å². The highest BCUT2D eigenvalue weighted by Crippen LogP contribution is 2.24. The summed E-state index contributed by atoms with van der Waals surface area (Å²) in [6, 6.07) is 6.15. The summed E-state index contributed by atoms with van der Waals surface area (Å²) in [5.74, 6) is 0. The lowest BCUT2D eigenvalue weighted by Gasteiger charge is -2.19. The number of hydrogen-bond donors (Lipinski definition) is 3. The fraction of sp³-hybridized carbons (Fsp3) is 0.417. The first-order chi connectivity index (χ1) is 8.24. The highest BCUT2D eigenvalue weighted by Gasteiger charge is 2.22. The third-order valence-corrected chi connectivity index (χ3v) is 3.20. The molecule has 1 aliphatic heterocycles. The van der Waals surface area contributed by atoms with Gasteiger partial charge in [0.05, 0.1) is 0 Å². The van der Waals surface area contributed by atoms with Crippen LogP contribution >= 0.6 is 0 Å². The van der Waals surface area contributed by atoms with Gasteiger partial charge in [-0.2, -0.15) is 0 Å². The van der Waals surface area contributed by atoms with Gasteiger partial charge in [-0.15, -0.1) is 0 Å². The fourth-order valence-electron chi connectivity index (χ4n) is 2.19.